The molecule has 3 nitrogen and oxygen atoms in total. The van der Waals surface area contributed by atoms with Crippen molar-refractivity contribution in [2.75, 3.05) is 13.4 Å². The van der Waals surface area contributed by atoms with Crippen molar-refractivity contribution in [3.05, 3.63) is 53.5 Å². The van der Waals surface area contributed by atoms with E-state index >= 15 is 0 Å². The summed E-state index contributed by atoms with van der Waals surface area (Å²) in [6.07, 6.45) is 2.07. The second kappa shape index (κ2) is 7.26. The fraction of sp³-hybridized carbons (Fsp3) is 0.333. The smallest absolute Gasteiger partial charge is 0.118 e. The molecule has 102 valence electrons. The minimum atomic E-state index is 0.750. The Morgan fingerprint density at radius 3 is 2.47 bits per heavy atom. The van der Waals surface area contributed by atoms with E-state index in [1.165, 1.54) is 5.56 Å². The molecule has 0 radical (unpaired) electrons. The van der Waals surface area contributed by atoms with Gasteiger partial charge in [-0.25, -0.2) is 0 Å². The zero-order valence-electron chi connectivity index (χ0n) is 11.3. The Morgan fingerprint density at radius 2 is 1.79 bits per heavy atom. The minimum absolute atomic E-state index is 0.750. The van der Waals surface area contributed by atoms with E-state index in [0.29, 0.717) is 0 Å². The summed E-state index contributed by atoms with van der Waals surface area (Å²) < 4.78 is 10.8. The molecule has 0 aliphatic rings. The maximum Gasteiger partial charge on any atom is 0.118 e. The van der Waals surface area contributed by atoms with Crippen molar-refractivity contribution in [2.24, 2.45) is 0 Å². The lowest BCUT2D eigenvalue weighted by Gasteiger charge is -2.04. The molecule has 0 aliphatic carbocycles. The summed E-state index contributed by atoms with van der Waals surface area (Å²) in [5, 5.41) is 3.37. The molecular weight excluding hydrogens is 258 g/mol. The van der Waals surface area contributed by atoms with Crippen molar-refractivity contribution in [3.8, 4) is 5.75 Å². The van der Waals surface area contributed by atoms with Crippen LogP contribution in [0.4, 0.5) is 0 Å². The number of hydrogen-bond donors (Lipinski definition) is 1. The van der Waals surface area contributed by atoms with Gasteiger partial charge in [-0.3, -0.25) is 0 Å². The fourth-order valence-electron chi connectivity index (χ4n) is 1.81. The van der Waals surface area contributed by atoms with Crippen molar-refractivity contribution in [1.82, 2.24) is 5.32 Å². The first-order chi connectivity index (χ1) is 9.31. The molecule has 0 atom stereocenters. The average Bonchev–Trinajstić information content (AvgIpc) is 2.88. The third-order valence-electron chi connectivity index (χ3n) is 2.79. The second-order valence-electron chi connectivity index (χ2n) is 4.25. The molecule has 2 rings (SSSR count). The standard InChI is InChI=1S/C15H19NO2S/c1-17-13-5-3-12(4-6-13)9-16-10-14-7-8-15(18-14)11-19-2/h3-8,16H,9-11H2,1-2H3. The molecule has 0 bridgehead atoms. The Hall–Kier alpha value is -1.39. The fourth-order valence-corrected chi connectivity index (χ4v) is 2.25. The van der Waals surface area contributed by atoms with Gasteiger partial charge < -0.3 is 14.5 Å². The van der Waals surface area contributed by atoms with Crippen molar-refractivity contribution >= 4 is 11.8 Å². The quantitative estimate of drug-likeness (QED) is 0.840. The largest absolute Gasteiger partial charge is 0.497 e. The molecule has 1 aromatic carbocycles. The number of benzene rings is 1. The molecule has 0 amide bonds. The summed E-state index contributed by atoms with van der Waals surface area (Å²) in [6.45, 7) is 1.57. The van der Waals surface area contributed by atoms with E-state index in [4.69, 9.17) is 9.15 Å². The van der Waals surface area contributed by atoms with Crippen LogP contribution in [0.15, 0.2) is 40.8 Å². The third-order valence-corrected chi connectivity index (χ3v) is 3.36. The molecule has 0 fully saturated rings. The lowest BCUT2D eigenvalue weighted by molar-refractivity contribution is 0.414. The summed E-state index contributed by atoms with van der Waals surface area (Å²) in [6, 6.07) is 12.1. The molecule has 0 spiro atoms. The van der Waals surface area contributed by atoms with Gasteiger partial charge in [-0.05, 0) is 36.1 Å². The Morgan fingerprint density at radius 1 is 1.05 bits per heavy atom. The molecule has 2 aromatic rings. The number of ether oxygens (including phenoxy) is 1. The van der Waals surface area contributed by atoms with E-state index in [9.17, 15) is 0 Å². The highest BCUT2D eigenvalue weighted by molar-refractivity contribution is 7.97. The minimum Gasteiger partial charge on any atom is -0.497 e. The van der Waals surface area contributed by atoms with Gasteiger partial charge in [-0.15, -0.1) is 0 Å². The van der Waals surface area contributed by atoms with Crippen molar-refractivity contribution in [2.45, 2.75) is 18.8 Å². The van der Waals surface area contributed by atoms with E-state index in [2.05, 4.69) is 23.7 Å². The molecule has 1 heterocycles. The van der Waals surface area contributed by atoms with Crippen LogP contribution in [-0.2, 0) is 18.8 Å². The normalized spacial score (nSPS) is 10.6. The van der Waals surface area contributed by atoms with Crippen LogP contribution in [0, 0.1) is 0 Å². The number of furan rings is 1. The van der Waals surface area contributed by atoms with Gasteiger partial charge >= 0.3 is 0 Å². The van der Waals surface area contributed by atoms with Crippen LogP contribution in [0.25, 0.3) is 0 Å². The third kappa shape index (κ3) is 4.33. The number of methoxy groups -OCH3 is 1. The topological polar surface area (TPSA) is 34.4 Å². The lowest BCUT2D eigenvalue weighted by atomic mass is 10.2. The average molecular weight is 277 g/mol. The number of rotatable bonds is 7. The SMILES string of the molecule is COc1ccc(CNCc2ccc(CSC)o2)cc1. The van der Waals surface area contributed by atoms with E-state index in [1.54, 1.807) is 18.9 Å². The highest BCUT2D eigenvalue weighted by Crippen LogP contribution is 2.14. The first kappa shape index (κ1) is 14.0. The number of thioether (sulfide) groups is 1. The van der Waals surface area contributed by atoms with Crippen LogP contribution in [0.2, 0.25) is 0 Å². The summed E-state index contributed by atoms with van der Waals surface area (Å²) >= 11 is 1.77. The predicted octanol–water partition coefficient (Wildman–Crippen LogP) is 3.44. The zero-order chi connectivity index (χ0) is 13.5. The van der Waals surface area contributed by atoms with Crippen molar-refractivity contribution in [3.63, 3.8) is 0 Å². The Kier molecular flexibility index (Phi) is 5.36. The maximum absolute atomic E-state index is 5.70. The first-order valence-electron chi connectivity index (χ1n) is 6.22. The van der Waals surface area contributed by atoms with Gasteiger partial charge in [0, 0.05) is 6.54 Å². The number of nitrogens with one attached hydrogen (secondary N) is 1. The predicted molar refractivity (Wildman–Crippen MR) is 79.5 cm³/mol. The summed E-state index contributed by atoms with van der Waals surface area (Å²) in [5.41, 5.74) is 1.23. The van der Waals surface area contributed by atoms with Gasteiger partial charge in [0.15, 0.2) is 0 Å². The molecule has 19 heavy (non-hydrogen) atoms. The van der Waals surface area contributed by atoms with Crippen molar-refractivity contribution in [1.29, 1.82) is 0 Å². The Balaban J connectivity index is 1.78. The van der Waals surface area contributed by atoms with E-state index in [1.807, 2.05) is 24.3 Å². The monoisotopic (exact) mass is 277 g/mol. The second-order valence-corrected chi connectivity index (χ2v) is 5.12. The molecule has 0 unspecified atom stereocenters. The van der Waals surface area contributed by atoms with Crippen LogP contribution in [0.3, 0.4) is 0 Å². The van der Waals surface area contributed by atoms with E-state index in [-0.39, 0.29) is 0 Å². The van der Waals surface area contributed by atoms with Crippen LogP contribution >= 0.6 is 11.8 Å². The van der Waals surface area contributed by atoms with Gasteiger partial charge in [-0.1, -0.05) is 12.1 Å². The van der Waals surface area contributed by atoms with Crippen LogP contribution in [0.5, 0.6) is 5.75 Å². The van der Waals surface area contributed by atoms with Gasteiger partial charge in [0.05, 0.1) is 19.4 Å². The van der Waals surface area contributed by atoms with Crippen molar-refractivity contribution < 1.29 is 9.15 Å². The first-order valence-corrected chi connectivity index (χ1v) is 7.61. The van der Waals surface area contributed by atoms with Crippen LogP contribution in [0.1, 0.15) is 17.1 Å². The van der Waals surface area contributed by atoms with Gasteiger partial charge in [0.1, 0.15) is 17.3 Å². The van der Waals surface area contributed by atoms with Crippen LogP contribution < -0.4 is 10.1 Å². The molecule has 0 aliphatic heterocycles. The summed E-state index contributed by atoms with van der Waals surface area (Å²) in [7, 11) is 1.68. The van der Waals surface area contributed by atoms with Crippen LogP contribution in [-0.4, -0.2) is 13.4 Å². The molecule has 1 N–H and O–H groups in total. The van der Waals surface area contributed by atoms with Gasteiger partial charge in [0.25, 0.3) is 0 Å². The maximum atomic E-state index is 5.70. The summed E-state index contributed by atoms with van der Waals surface area (Å²) in [5.74, 6) is 3.83. The highest BCUT2D eigenvalue weighted by Gasteiger charge is 2.01. The number of hydrogen-bond acceptors (Lipinski definition) is 4. The highest BCUT2D eigenvalue weighted by atomic mass is 32.2. The summed E-state index contributed by atoms with van der Waals surface area (Å²) in [4.78, 5) is 0. The van der Waals surface area contributed by atoms with E-state index in [0.717, 1.165) is 36.1 Å². The molecule has 4 heteroatoms. The Labute approximate surface area is 118 Å². The molecule has 0 saturated heterocycles. The molecular formula is C15H19NO2S. The lowest BCUT2D eigenvalue weighted by Crippen LogP contribution is -2.11. The van der Waals surface area contributed by atoms with E-state index < -0.39 is 0 Å². The Bertz CT molecular complexity index is 493. The molecule has 0 saturated carbocycles. The van der Waals surface area contributed by atoms with Gasteiger partial charge in [-0.2, -0.15) is 11.8 Å². The van der Waals surface area contributed by atoms with Gasteiger partial charge in [0.2, 0.25) is 0 Å². The zero-order valence-corrected chi connectivity index (χ0v) is 12.1. The molecule has 1 aromatic heterocycles.